The predicted molar refractivity (Wildman–Crippen MR) is 171 cm³/mol. The summed E-state index contributed by atoms with van der Waals surface area (Å²) in [4.78, 5) is 29.5. The Hall–Kier alpha value is -4.50. The van der Waals surface area contributed by atoms with Crippen LogP contribution in [0.2, 0.25) is 0 Å². The SMILES string of the molecule is Cc1ccc(S(=O)(=O)N(CC(=O)N(Cc2ccccc2C)C(Cc2ccccc2)C(=O)NC(C)C)c2ccccc2F)cc1. The molecular formula is C35H38FN3O4S. The van der Waals surface area contributed by atoms with Crippen LogP contribution < -0.4 is 9.62 Å². The first kappa shape index (κ1) is 32.4. The molecule has 4 aromatic carbocycles. The van der Waals surface area contributed by atoms with E-state index in [1.165, 1.54) is 35.2 Å². The second kappa shape index (κ2) is 14.3. The Morgan fingerprint density at radius 1 is 0.818 bits per heavy atom. The highest BCUT2D eigenvalue weighted by molar-refractivity contribution is 7.92. The van der Waals surface area contributed by atoms with Gasteiger partial charge in [0.15, 0.2) is 0 Å². The lowest BCUT2D eigenvalue weighted by molar-refractivity contribution is -0.140. The maximum absolute atomic E-state index is 15.2. The summed E-state index contributed by atoms with van der Waals surface area (Å²) in [7, 11) is -4.38. The number of para-hydroxylation sites is 1. The summed E-state index contributed by atoms with van der Waals surface area (Å²) >= 11 is 0. The molecule has 0 saturated carbocycles. The molecule has 0 aliphatic rings. The number of nitrogens with one attached hydrogen (secondary N) is 1. The number of hydrogen-bond acceptors (Lipinski definition) is 4. The number of amides is 2. The number of aryl methyl sites for hydroxylation is 2. The second-order valence-electron chi connectivity index (χ2n) is 11.1. The van der Waals surface area contributed by atoms with Gasteiger partial charge in [0.2, 0.25) is 11.8 Å². The Labute approximate surface area is 259 Å². The summed E-state index contributed by atoms with van der Waals surface area (Å²) < 4.78 is 44.0. The highest BCUT2D eigenvalue weighted by Crippen LogP contribution is 2.27. The molecule has 2 amide bonds. The normalized spacial score (nSPS) is 12.0. The average molecular weight is 616 g/mol. The van der Waals surface area contributed by atoms with Crippen molar-refractivity contribution in [3.05, 3.63) is 131 Å². The third-order valence-corrected chi connectivity index (χ3v) is 9.09. The smallest absolute Gasteiger partial charge is 0.264 e. The molecule has 1 N–H and O–H groups in total. The van der Waals surface area contributed by atoms with Crippen LogP contribution in [0.15, 0.2) is 108 Å². The molecule has 0 aromatic heterocycles. The van der Waals surface area contributed by atoms with Crippen LogP contribution in [0.5, 0.6) is 0 Å². The molecule has 1 unspecified atom stereocenters. The Morgan fingerprint density at radius 3 is 2.07 bits per heavy atom. The zero-order chi connectivity index (χ0) is 31.9. The van der Waals surface area contributed by atoms with Gasteiger partial charge in [0.1, 0.15) is 18.4 Å². The van der Waals surface area contributed by atoms with E-state index < -0.39 is 34.3 Å². The van der Waals surface area contributed by atoms with E-state index in [-0.39, 0.29) is 35.5 Å². The molecule has 230 valence electrons. The van der Waals surface area contributed by atoms with E-state index in [1.54, 1.807) is 12.1 Å². The Bertz CT molecular complexity index is 1690. The summed E-state index contributed by atoms with van der Waals surface area (Å²) in [6.45, 7) is 6.73. The maximum Gasteiger partial charge on any atom is 0.264 e. The molecule has 44 heavy (non-hydrogen) atoms. The number of sulfonamides is 1. The molecule has 7 nitrogen and oxygen atoms in total. The number of carbonyl (C=O) groups excluding carboxylic acids is 2. The molecule has 0 radical (unpaired) electrons. The van der Waals surface area contributed by atoms with Crippen molar-refractivity contribution in [2.45, 2.75) is 57.6 Å². The van der Waals surface area contributed by atoms with Gasteiger partial charge in [0.05, 0.1) is 10.6 Å². The van der Waals surface area contributed by atoms with Crippen molar-refractivity contribution < 1.29 is 22.4 Å². The molecule has 0 fully saturated rings. The van der Waals surface area contributed by atoms with Gasteiger partial charge < -0.3 is 10.2 Å². The molecule has 1 atom stereocenters. The topological polar surface area (TPSA) is 86.8 Å². The van der Waals surface area contributed by atoms with Crippen LogP contribution in [0, 0.1) is 19.7 Å². The van der Waals surface area contributed by atoms with E-state index in [0.29, 0.717) is 0 Å². The average Bonchev–Trinajstić information content (AvgIpc) is 2.99. The van der Waals surface area contributed by atoms with Gasteiger partial charge in [-0.1, -0.05) is 84.4 Å². The van der Waals surface area contributed by atoms with Gasteiger partial charge in [-0.2, -0.15) is 0 Å². The van der Waals surface area contributed by atoms with E-state index in [9.17, 15) is 18.0 Å². The number of nitrogens with zero attached hydrogens (tertiary/aromatic N) is 2. The first-order valence-corrected chi connectivity index (χ1v) is 15.9. The van der Waals surface area contributed by atoms with Crippen molar-refractivity contribution in [3.63, 3.8) is 0 Å². The van der Waals surface area contributed by atoms with Gasteiger partial charge in [0, 0.05) is 19.0 Å². The maximum atomic E-state index is 15.2. The number of anilines is 1. The van der Waals surface area contributed by atoms with Crippen LogP contribution >= 0.6 is 0 Å². The van der Waals surface area contributed by atoms with Gasteiger partial charge in [-0.15, -0.1) is 0 Å². The van der Waals surface area contributed by atoms with Crippen LogP contribution in [0.3, 0.4) is 0 Å². The third-order valence-electron chi connectivity index (χ3n) is 7.31. The van der Waals surface area contributed by atoms with E-state index in [1.807, 2.05) is 82.3 Å². The van der Waals surface area contributed by atoms with E-state index in [2.05, 4.69) is 5.32 Å². The second-order valence-corrected chi connectivity index (χ2v) is 13.0. The lowest BCUT2D eigenvalue weighted by Gasteiger charge is -2.34. The zero-order valence-corrected chi connectivity index (χ0v) is 26.2. The van der Waals surface area contributed by atoms with Crippen LogP contribution in [-0.4, -0.2) is 43.8 Å². The summed E-state index contributed by atoms with van der Waals surface area (Å²) in [5, 5.41) is 2.93. The summed E-state index contributed by atoms with van der Waals surface area (Å²) in [6, 6.07) is 27.2. The van der Waals surface area contributed by atoms with Gasteiger partial charge in [-0.05, 0) is 68.7 Å². The number of hydrogen-bond donors (Lipinski definition) is 1. The van der Waals surface area contributed by atoms with Crippen molar-refractivity contribution in [2.24, 2.45) is 0 Å². The van der Waals surface area contributed by atoms with Crippen molar-refractivity contribution in [3.8, 4) is 0 Å². The van der Waals surface area contributed by atoms with Crippen LogP contribution in [0.25, 0.3) is 0 Å². The number of benzene rings is 4. The fourth-order valence-corrected chi connectivity index (χ4v) is 6.33. The molecule has 0 saturated heterocycles. The summed E-state index contributed by atoms with van der Waals surface area (Å²) in [5.74, 6) is -1.81. The summed E-state index contributed by atoms with van der Waals surface area (Å²) in [5.41, 5.74) is 3.13. The standard InChI is InChI=1S/C35H38FN3O4S/c1-25(2)37-35(41)33(22-28-13-6-5-7-14-28)38(23-29-15-9-8-12-27(29)4)34(40)24-39(32-17-11-10-16-31(32)36)44(42,43)30-20-18-26(3)19-21-30/h5-21,25,33H,22-24H2,1-4H3,(H,37,41). The number of carbonyl (C=O) groups is 2. The van der Waals surface area contributed by atoms with Crippen LogP contribution in [-0.2, 0) is 32.6 Å². The molecule has 4 rings (SSSR count). The number of halogens is 1. The zero-order valence-electron chi connectivity index (χ0n) is 25.4. The lowest BCUT2D eigenvalue weighted by Crippen LogP contribution is -2.54. The van der Waals surface area contributed by atoms with E-state index in [4.69, 9.17) is 0 Å². The molecular weight excluding hydrogens is 577 g/mol. The lowest BCUT2D eigenvalue weighted by atomic mass is 10.0. The minimum absolute atomic E-state index is 0.0458. The predicted octanol–water partition coefficient (Wildman–Crippen LogP) is 5.80. The Balaban J connectivity index is 1.82. The Kier molecular flexibility index (Phi) is 10.5. The van der Waals surface area contributed by atoms with Gasteiger partial charge >= 0.3 is 0 Å². The minimum Gasteiger partial charge on any atom is -0.352 e. The van der Waals surface area contributed by atoms with E-state index >= 15 is 4.39 Å². The summed E-state index contributed by atoms with van der Waals surface area (Å²) in [6.07, 6.45) is 0.196. The van der Waals surface area contributed by atoms with Gasteiger partial charge in [0.25, 0.3) is 10.0 Å². The van der Waals surface area contributed by atoms with E-state index in [0.717, 1.165) is 32.6 Å². The fraction of sp³-hybridized carbons (Fsp3) is 0.257. The quantitative estimate of drug-likeness (QED) is 0.218. The fourth-order valence-electron chi connectivity index (χ4n) is 4.91. The van der Waals surface area contributed by atoms with Crippen LogP contribution in [0.4, 0.5) is 10.1 Å². The van der Waals surface area contributed by atoms with Crippen molar-refractivity contribution in [1.82, 2.24) is 10.2 Å². The Morgan fingerprint density at radius 2 is 1.43 bits per heavy atom. The largest absolute Gasteiger partial charge is 0.352 e. The van der Waals surface area contributed by atoms with Crippen LogP contribution in [0.1, 0.15) is 36.1 Å². The molecule has 0 aliphatic carbocycles. The molecule has 4 aromatic rings. The first-order valence-electron chi connectivity index (χ1n) is 14.5. The minimum atomic E-state index is -4.38. The highest BCUT2D eigenvalue weighted by Gasteiger charge is 2.35. The van der Waals surface area contributed by atoms with Gasteiger partial charge in [-0.3, -0.25) is 13.9 Å². The van der Waals surface area contributed by atoms with Crippen molar-refractivity contribution >= 4 is 27.5 Å². The van der Waals surface area contributed by atoms with Crippen molar-refractivity contribution in [1.29, 1.82) is 0 Å². The van der Waals surface area contributed by atoms with Gasteiger partial charge in [-0.25, -0.2) is 12.8 Å². The monoisotopic (exact) mass is 615 g/mol. The molecule has 0 aliphatic heterocycles. The molecule has 0 spiro atoms. The molecule has 9 heteroatoms. The first-order chi connectivity index (χ1) is 21.0. The number of rotatable bonds is 12. The molecule has 0 heterocycles. The highest BCUT2D eigenvalue weighted by atomic mass is 32.2. The van der Waals surface area contributed by atoms with Crippen molar-refractivity contribution in [2.75, 3.05) is 10.8 Å². The molecule has 0 bridgehead atoms. The third kappa shape index (κ3) is 7.90.